The molecule has 0 amide bonds. The molecule has 0 aromatic carbocycles. The van der Waals surface area contributed by atoms with Crippen LogP contribution in [0.1, 0.15) is 46.0 Å². The predicted octanol–water partition coefficient (Wildman–Crippen LogP) is 3.24. The second-order valence-corrected chi connectivity index (χ2v) is 6.01. The van der Waals surface area contributed by atoms with Crippen LogP contribution in [-0.4, -0.2) is 5.78 Å². The van der Waals surface area contributed by atoms with Crippen LogP contribution in [0.3, 0.4) is 0 Å². The van der Waals surface area contributed by atoms with Crippen LogP contribution >= 0.6 is 0 Å². The fraction of sp³-hybridized carbons (Fsp3) is 0.714. The molecule has 0 radical (unpaired) electrons. The van der Waals surface area contributed by atoms with Crippen LogP contribution < -0.4 is 0 Å². The van der Waals surface area contributed by atoms with Gasteiger partial charge in [-0.3, -0.25) is 4.79 Å². The highest BCUT2D eigenvalue weighted by molar-refractivity contribution is 5.80. The van der Waals surface area contributed by atoms with E-state index in [2.05, 4.69) is 12.1 Å². The Balaban J connectivity index is 2.08. The Hall–Kier alpha value is -1.10. The molecule has 0 N–H and O–H groups in total. The summed E-state index contributed by atoms with van der Waals surface area (Å²) in [5, 5.41) is 9.04. The molecule has 2 unspecified atom stereocenters. The summed E-state index contributed by atoms with van der Waals surface area (Å²) in [5.41, 5.74) is 1.14. The minimum absolute atomic E-state index is 0.262. The average Bonchev–Trinajstić information content (AvgIpc) is 2.14. The lowest BCUT2D eigenvalue weighted by Gasteiger charge is -2.34. The lowest BCUT2D eigenvalue weighted by Crippen LogP contribution is -2.26. The van der Waals surface area contributed by atoms with Gasteiger partial charge in [0.1, 0.15) is 5.78 Å². The summed E-state index contributed by atoms with van der Waals surface area (Å²) >= 11 is 0. The minimum atomic E-state index is -0.262. The first kappa shape index (κ1) is 11.4. The highest BCUT2D eigenvalue weighted by Gasteiger charge is 2.32. The largest absolute Gasteiger partial charge is 0.300 e. The molecule has 2 atom stereocenters. The third-order valence-electron chi connectivity index (χ3n) is 3.64. The van der Waals surface area contributed by atoms with Crippen molar-refractivity contribution in [1.29, 1.82) is 5.26 Å². The van der Waals surface area contributed by atoms with Gasteiger partial charge in [-0.25, -0.2) is 0 Å². The molecule has 1 fully saturated rings. The van der Waals surface area contributed by atoms with E-state index in [1.54, 1.807) is 0 Å². The van der Waals surface area contributed by atoms with Crippen LogP contribution in [0.5, 0.6) is 0 Å². The maximum Gasteiger partial charge on any atom is 0.133 e. The van der Waals surface area contributed by atoms with Gasteiger partial charge in [0.05, 0.1) is 11.5 Å². The van der Waals surface area contributed by atoms with Crippen molar-refractivity contribution in [3.8, 4) is 6.07 Å². The molecule has 2 heteroatoms. The van der Waals surface area contributed by atoms with E-state index in [1.807, 2.05) is 13.8 Å². The van der Waals surface area contributed by atoms with Crippen LogP contribution in [0.2, 0.25) is 0 Å². The van der Waals surface area contributed by atoms with Gasteiger partial charge in [0, 0.05) is 12.8 Å². The predicted molar refractivity (Wildman–Crippen MR) is 62.5 cm³/mol. The molecule has 2 rings (SSSR count). The lowest BCUT2D eigenvalue weighted by atomic mass is 9.70. The number of carbonyl (C=O) groups is 1. The Morgan fingerprint density at radius 3 is 2.81 bits per heavy atom. The average molecular weight is 217 g/mol. The monoisotopic (exact) mass is 217 g/mol. The number of hydrogen-bond donors (Lipinski definition) is 0. The standard InChI is InChI=1S/C14H19NO/c1-14(2,9-15)8-12-4-10-3-11(5-12)7-13(16)6-10/h4,10-11H,3,5-8H2,1-2H3. The summed E-state index contributed by atoms with van der Waals surface area (Å²) in [6.45, 7) is 3.98. The van der Waals surface area contributed by atoms with Crippen molar-refractivity contribution in [2.75, 3.05) is 0 Å². The Morgan fingerprint density at radius 2 is 2.19 bits per heavy atom. The summed E-state index contributed by atoms with van der Waals surface area (Å²) in [7, 11) is 0. The molecular formula is C14H19NO. The number of carbonyl (C=O) groups excluding carboxylic acids is 1. The number of ketones is 1. The number of fused-ring (bicyclic) bond motifs is 2. The van der Waals surface area contributed by atoms with E-state index >= 15 is 0 Å². The van der Waals surface area contributed by atoms with Crippen LogP contribution in [0, 0.1) is 28.6 Å². The molecule has 16 heavy (non-hydrogen) atoms. The minimum Gasteiger partial charge on any atom is -0.300 e. The van der Waals surface area contributed by atoms with Crippen molar-refractivity contribution in [1.82, 2.24) is 0 Å². The third-order valence-corrected chi connectivity index (χ3v) is 3.64. The molecular weight excluding hydrogens is 198 g/mol. The summed E-state index contributed by atoms with van der Waals surface area (Å²) in [6.07, 6.45) is 6.85. The number of allylic oxidation sites excluding steroid dienone is 2. The molecule has 0 heterocycles. The second-order valence-electron chi connectivity index (χ2n) is 6.01. The first-order chi connectivity index (χ1) is 7.48. The van der Waals surface area contributed by atoms with Gasteiger partial charge in [0.15, 0.2) is 0 Å². The Morgan fingerprint density at radius 1 is 1.44 bits per heavy atom. The third kappa shape index (κ3) is 2.52. The van der Waals surface area contributed by atoms with Gasteiger partial charge < -0.3 is 0 Å². The van der Waals surface area contributed by atoms with Crippen molar-refractivity contribution >= 4 is 5.78 Å². The first-order valence-electron chi connectivity index (χ1n) is 6.11. The van der Waals surface area contributed by atoms with E-state index in [4.69, 9.17) is 5.26 Å². The van der Waals surface area contributed by atoms with Gasteiger partial charge in [-0.1, -0.05) is 11.6 Å². The van der Waals surface area contributed by atoms with Crippen LogP contribution in [0.15, 0.2) is 11.6 Å². The zero-order chi connectivity index (χ0) is 11.8. The molecule has 86 valence electrons. The fourth-order valence-electron chi connectivity index (χ4n) is 3.09. The highest BCUT2D eigenvalue weighted by atomic mass is 16.1. The smallest absolute Gasteiger partial charge is 0.133 e. The topological polar surface area (TPSA) is 40.9 Å². The van der Waals surface area contributed by atoms with Crippen molar-refractivity contribution in [2.45, 2.75) is 46.0 Å². The molecule has 2 bridgehead atoms. The molecule has 0 aromatic heterocycles. The Bertz CT molecular complexity index is 373. The van der Waals surface area contributed by atoms with Crippen LogP contribution in [-0.2, 0) is 4.79 Å². The van der Waals surface area contributed by atoms with E-state index in [9.17, 15) is 4.79 Å². The Labute approximate surface area is 97.3 Å². The van der Waals surface area contributed by atoms with Gasteiger partial charge in [0.25, 0.3) is 0 Å². The van der Waals surface area contributed by atoms with E-state index in [0.29, 0.717) is 17.6 Å². The zero-order valence-electron chi connectivity index (χ0n) is 10.1. The van der Waals surface area contributed by atoms with E-state index in [0.717, 1.165) is 25.7 Å². The maximum atomic E-state index is 11.4. The summed E-state index contributed by atoms with van der Waals surface area (Å²) in [4.78, 5) is 11.4. The lowest BCUT2D eigenvalue weighted by molar-refractivity contribution is -0.122. The van der Waals surface area contributed by atoms with Crippen molar-refractivity contribution in [3.05, 3.63) is 11.6 Å². The number of nitriles is 1. The van der Waals surface area contributed by atoms with E-state index < -0.39 is 0 Å². The van der Waals surface area contributed by atoms with Crippen LogP contribution in [0.4, 0.5) is 0 Å². The van der Waals surface area contributed by atoms with Crippen LogP contribution in [0.25, 0.3) is 0 Å². The van der Waals surface area contributed by atoms with E-state index in [1.165, 1.54) is 12.0 Å². The quantitative estimate of drug-likeness (QED) is 0.666. The second kappa shape index (κ2) is 4.05. The number of rotatable bonds is 2. The molecule has 0 aromatic rings. The number of Topliss-reactive ketones (excluding diaryl/α,β-unsaturated/α-hetero) is 1. The number of nitrogens with zero attached hydrogens (tertiary/aromatic N) is 1. The van der Waals surface area contributed by atoms with Gasteiger partial charge in [0.2, 0.25) is 0 Å². The summed E-state index contributed by atoms with van der Waals surface area (Å²) in [5.74, 6) is 1.45. The Kier molecular flexibility index (Phi) is 2.88. The van der Waals surface area contributed by atoms with Crippen molar-refractivity contribution in [3.63, 3.8) is 0 Å². The zero-order valence-corrected chi connectivity index (χ0v) is 10.1. The molecule has 2 aliphatic carbocycles. The normalized spacial score (nSPS) is 29.6. The van der Waals surface area contributed by atoms with Gasteiger partial charge in [-0.05, 0) is 44.9 Å². The molecule has 1 saturated carbocycles. The van der Waals surface area contributed by atoms with Gasteiger partial charge >= 0.3 is 0 Å². The first-order valence-corrected chi connectivity index (χ1v) is 6.11. The van der Waals surface area contributed by atoms with Gasteiger partial charge in [-0.15, -0.1) is 0 Å². The number of hydrogen-bond acceptors (Lipinski definition) is 2. The fourth-order valence-corrected chi connectivity index (χ4v) is 3.09. The summed E-state index contributed by atoms with van der Waals surface area (Å²) < 4.78 is 0. The SMILES string of the molecule is CC(C)(C#N)CC1=CC2CC(=O)CC(C1)C2. The van der Waals surface area contributed by atoms with E-state index in [-0.39, 0.29) is 5.41 Å². The maximum absolute atomic E-state index is 11.4. The highest BCUT2D eigenvalue weighted by Crippen LogP contribution is 2.40. The van der Waals surface area contributed by atoms with Gasteiger partial charge in [-0.2, -0.15) is 5.26 Å². The molecule has 0 aliphatic heterocycles. The molecule has 0 saturated heterocycles. The summed E-state index contributed by atoms with van der Waals surface area (Å²) in [6, 6.07) is 2.36. The molecule has 2 aliphatic rings. The molecule has 2 nitrogen and oxygen atoms in total. The van der Waals surface area contributed by atoms with Crippen molar-refractivity contribution < 1.29 is 4.79 Å². The molecule has 0 spiro atoms. The van der Waals surface area contributed by atoms with Crippen molar-refractivity contribution in [2.24, 2.45) is 17.3 Å².